The Balaban J connectivity index is 1.56. The summed E-state index contributed by atoms with van der Waals surface area (Å²) >= 11 is 3.35. The largest absolute Gasteiger partial charge is 0.416 e. The van der Waals surface area contributed by atoms with Crippen LogP contribution in [0.15, 0.2) is 53.0 Å². The van der Waals surface area contributed by atoms with Crippen LogP contribution in [-0.2, 0) is 11.0 Å². The average molecular weight is 455 g/mol. The first-order chi connectivity index (χ1) is 13.2. The molecule has 0 aliphatic carbocycles. The molecule has 28 heavy (non-hydrogen) atoms. The number of benzene rings is 2. The van der Waals surface area contributed by atoms with Gasteiger partial charge in [0.25, 0.3) is 5.91 Å². The van der Waals surface area contributed by atoms with Crippen molar-refractivity contribution >= 4 is 33.4 Å². The molecule has 148 valence electrons. The Hall–Kier alpha value is -2.35. The van der Waals surface area contributed by atoms with Gasteiger partial charge in [-0.3, -0.25) is 9.59 Å². The molecule has 0 aromatic heterocycles. The van der Waals surface area contributed by atoms with Gasteiger partial charge in [0, 0.05) is 34.7 Å². The standard InChI is InChI=1S/C20H18BrF3N2O2/c21-16-2-1-3-17(12-16)25-18(27)13-8-10-26(11-9-13)19(28)14-4-6-15(7-5-14)20(22,23)24/h1-7,12-13H,8-11H2,(H,25,27). The second kappa shape index (κ2) is 8.34. The summed E-state index contributed by atoms with van der Waals surface area (Å²) in [6, 6.07) is 11.5. The molecule has 2 amide bonds. The first kappa shape index (κ1) is 20.4. The summed E-state index contributed by atoms with van der Waals surface area (Å²) in [7, 11) is 0. The molecule has 1 aliphatic heterocycles. The molecule has 4 nitrogen and oxygen atoms in total. The van der Waals surface area contributed by atoms with Crippen molar-refractivity contribution in [1.29, 1.82) is 0 Å². The lowest BCUT2D eigenvalue weighted by atomic mass is 9.95. The lowest BCUT2D eigenvalue weighted by Gasteiger charge is -2.31. The first-order valence-corrected chi connectivity index (χ1v) is 9.56. The van der Waals surface area contributed by atoms with Gasteiger partial charge in [-0.15, -0.1) is 0 Å². The van der Waals surface area contributed by atoms with E-state index in [9.17, 15) is 22.8 Å². The normalized spacial score (nSPS) is 15.4. The Morgan fingerprint density at radius 3 is 2.25 bits per heavy atom. The number of alkyl halides is 3. The van der Waals surface area contributed by atoms with Gasteiger partial charge >= 0.3 is 6.18 Å². The van der Waals surface area contributed by atoms with Crippen LogP contribution in [0.1, 0.15) is 28.8 Å². The molecular formula is C20H18BrF3N2O2. The van der Waals surface area contributed by atoms with E-state index < -0.39 is 11.7 Å². The average Bonchev–Trinajstić information content (AvgIpc) is 2.67. The predicted molar refractivity (Wildman–Crippen MR) is 103 cm³/mol. The number of hydrogen-bond donors (Lipinski definition) is 1. The molecule has 0 spiro atoms. The summed E-state index contributed by atoms with van der Waals surface area (Å²) in [6.45, 7) is 0.771. The number of piperidine rings is 1. The maximum Gasteiger partial charge on any atom is 0.416 e. The highest BCUT2D eigenvalue weighted by Gasteiger charge is 2.31. The lowest BCUT2D eigenvalue weighted by molar-refractivity contribution is -0.137. The van der Waals surface area contributed by atoms with Gasteiger partial charge in [0.2, 0.25) is 5.91 Å². The zero-order valence-electron chi connectivity index (χ0n) is 14.8. The topological polar surface area (TPSA) is 49.4 Å². The number of carbonyl (C=O) groups is 2. The number of carbonyl (C=O) groups excluding carboxylic acids is 2. The Morgan fingerprint density at radius 1 is 1.04 bits per heavy atom. The van der Waals surface area contributed by atoms with Gasteiger partial charge in [-0.05, 0) is 55.3 Å². The number of anilines is 1. The fourth-order valence-corrected chi connectivity index (χ4v) is 3.54. The van der Waals surface area contributed by atoms with E-state index in [-0.39, 0.29) is 23.3 Å². The molecule has 2 aromatic carbocycles. The molecule has 0 unspecified atom stereocenters. The minimum atomic E-state index is -4.43. The van der Waals surface area contributed by atoms with E-state index in [4.69, 9.17) is 0 Å². The number of amides is 2. The maximum absolute atomic E-state index is 12.6. The Kier molecular flexibility index (Phi) is 6.07. The SMILES string of the molecule is O=C(Nc1cccc(Br)c1)C1CCN(C(=O)c2ccc(C(F)(F)F)cc2)CC1. The van der Waals surface area contributed by atoms with E-state index in [0.29, 0.717) is 31.6 Å². The highest BCUT2D eigenvalue weighted by molar-refractivity contribution is 9.10. The van der Waals surface area contributed by atoms with Gasteiger partial charge in [0.05, 0.1) is 5.56 Å². The summed E-state index contributed by atoms with van der Waals surface area (Å²) in [4.78, 5) is 26.5. The molecule has 1 N–H and O–H groups in total. The number of rotatable bonds is 3. The zero-order chi connectivity index (χ0) is 20.3. The molecule has 1 fully saturated rings. The number of nitrogens with zero attached hydrogens (tertiary/aromatic N) is 1. The van der Waals surface area contributed by atoms with Crippen molar-refractivity contribution in [3.05, 3.63) is 64.1 Å². The van der Waals surface area contributed by atoms with E-state index in [1.54, 1.807) is 17.0 Å². The summed E-state index contributed by atoms with van der Waals surface area (Å²) in [5.41, 5.74) is 0.125. The van der Waals surface area contributed by atoms with Gasteiger partial charge in [0.1, 0.15) is 0 Å². The highest BCUT2D eigenvalue weighted by atomic mass is 79.9. The van der Waals surface area contributed by atoms with Gasteiger partial charge in [-0.1, -0.05) is 22.0 Å². The molecule has 8 heteroatoms. The molecule has 0 radical (unpaired) electrons. The van der Waals surface area contributed by atoms with Crippen LogP contribution in [0.3, 0.4) is 0 Å². The predicted octanol–water partition coefficient (Wildman–Crippen LogP) is 4.96. The van der Waals surface area contributed by atoms with Crippen molar-refractivity contribution in [1.82, 2.24) is 4.90 Å². The lowest BCUT2D eigenvalue weighted by Crippen LogP contribution is -2.41. The third-order valence-corrected chi connectivity index (χ3v) is 5.20. The third kappa shape index (κ3) is 4.92. The van der Waals surface area contributed by atoms with Crippen molar-refractivity contribution in [3.63, 3.8) is 0 Å². The quantitative estimate of drug-likeness (QED) is 0.712. The van der Waals surface area contributed by atoms with Crippen LogP contribution in [-0.4, -0.2) is 29.8 Å². The fourth-order valence-electron chi connectivity index (χ4n) is 3.14. The Labute approximate surface area is 168 Å². The fraction of sp³-hybridized carbons (Fsp3) is 0.300. The summed E-state index contributed by atoms with van der Waals surface area (Å²) in [6.07, 6.45) is -3.42. The number of likely N-dealkylation sites (tertiary alicyclic amines) is 1. The van der Waals surface area contributed by atoms with Crippen molar-refractivity contribution < 1.29 is 22.8 Å². The molecule has 0 bridgehead atoms. The van der Waals surface area contributed by atoms with Crippen molar-refractivity contribution in [2.75, 3.05) is 18.4 Å². The molecule has 0 saturated carbocycles. The van der Waals surface area contributed by atoms with Gasteiger partial charge in [0.15, 0.2) is 0 Å². The van der Waals surface area contributed by atoms with Gasteiger partial charge in [-0.2, -0.15) is 13.2 Å². The van der Waals surface area contributed by atoms with Gasteiger partial charge in [-0.25, -0.2) is 0 Å². The van der Waals surface area contributed by atoms with Crippen LogP contribution in [0.25, 0.3) is 0 Å². The van der Waals surface area contributed by atoms with Crippen molar-refractivity contribution in [2.24, 2.45) is 5.92 Å². The maximum atomic E-state index is 12.6. The monoisotopic (exact) mass is 454 g/mol. The summed E-state index contributed by atoms with van der Waals surface area (Å²) in [5, 5.41) is 2.87. The van der Waals surface area contributed by atoms with E-state index in [1.807, 2.05) is 12.1 Å². The van der Waals surface area contributed by atoms with Crippen LogP contribution in [0.5, 0.6) is 0 Å². The van der Waals surface area contributed by atoms with Crippen LogP contribution >= 0.6 is 15.9 Å². The van der Waals surface area contributed by atoms with Gasteiger partial charge < -0.3 is 10.2 Å². The molecule has 0 atom stereocenters. The third-order valence-electron chi connectivity index (χ3n) is 4.70. The number of halogens is 4. The molecule has 1 aliphatic rings. The summed E-state index contributed by atoms with van der Waals surface area (Å²) in [5.74, 6) is -0.630. The van der Waals surface area contributed by atoms with E-state index in [1.165, 1.54) is 12.1 Å². The minimum Gasteiger partial charge on any atom is -0.339 e. The van der Waals surface area contributed by atoms with E-state index >= 15 is 0 Å². The second-order valence-corrected chi connectivity index (χ2v) is 7.56. The Morgan fingerprint density at radius 2 is 1.68 bits per heavy atom. The van der Waals surface area contributed by atoms with Crippen molar-refractivity contribution in [3.8, 4) is 0 Å². The molecule has 1 saturated heterocycles. The van der Waals surface area contributed by atoms with E-state index in [2.05, 4.69) is 21.2 Å². The molecular weight excluding hydrogens is 437 g/mol. The highest BCUT2D eigenvalue weighted by Crippen LogP contribution is 2.29. The molecule has 1 heterocycles. The molecule has 3 rings (SSSR count). The number of nitrogens with one attached hydrogen (secondary N) is 1. The Bertz CT molecular complexity index is 860. The summed E-state index contributed by atoms with van der Waals surface area (Å²) < 4.78 is 38.8. The van der Waals surface area contributed by atoms with Crippen LogP contribution < -0.4 is 5.32 Å². The van der Waals surface area contributed by atoms with Crippen LogP contribution in [0.4, 0.5) is 18.9 Å². The number of hydrogen-bond acceptors (Lipinski definition) is 2. The van der Waals surface area contributed by atoms with Crippen LogP contribution in [0.2, 0.25) is 0 Å². The smallest absolute Gasteiger partial charge is 0.339 e. The zero-order valence-corrected chi connectivity index (χ0v) is 16.4. The van der Waals surface area contributed by atoms with Crippen molar-refractivity contribution in [2.45, 2.75) is 19.0 Å². The molecule has 2 aromatic rings. The minimum absolute atomic E-state index is 0.0975. The first-order valence-electron chi connectivity index (χ1n) is 8.77. The van der Waals surface area contributed by atoms with E-state index in [0.717, 1.165) is 16.6 Å². The van der Waals surface area contributed by atoms with Crippen LogP contribution in [0, 0.1) is 5.92 Å². The second-order valence-electron chi connectivity index (χ2n) is 6.64.